The smallest absolute Gasteiger partial charge is 0.217 e. The summed E-state index contributed by atoms with van der Waals surface area (Å²) in [5, 5.41) is 17.8. The quantitative estimate of drug-likeness (QED) is 0.526. The monoisotopic (exact) mass is 492 g/mol. The summed E-state index contributed by atoms with van der Waals surface area (Å²) in [4.78, 5) is 16.7. The second-order valence-corrected chi connectivity index (χ2v) is 10.9. The van der Waals surface area contributed by atoms with Gasteiger partial charge in [0.1, 0.15) is 11.4 Å². The van der Waals surface area contributed by atoms with Gasteiger partial charge in [-0.1, -0.05) is 30.3 Å². The van der Waals surface area contributed by atoms with Gasteiger partial charge in [0.15, 0.2) is 0 Å². The minimum absolute atomic E-state index is 0.0912. The van der Waals surface area contributed by atoms with Crippen molar-refractivity contribution in [3.05, 3.63) is 59.7 Å². The largest absolute Gasteiger partial charge is 0.487 e. The molecule has 0 bridgehead atoms. The molecule has 1 aliphatic carbocycles. The van der Waals surface area contributed by atoms with Crippen LogP contribution in [-0.4, -0.2) is 73.4 Å². The lowest BCUT2D eigenvalue weighted by atomic mass is 9.73. The predicted octanol–water partition coefficient (Wildman–Crippen LogP) is 2.88. The van der Waals surface area contributed by atoms with Gasteiger partial charge in [0.25, 0.3) is 0 Å². The zero-order valence-corrected chi connectivity index (χ0v) is 21.6. The predicted molar refractivity (Wildman–Crippen MR) is 142 cm³/mol. The van der Waals surface area contributed by atoms with Crippen molar-refractivity contribution in [2.24, 2.45) is 0 Å². The summed E-state index contributed by atoms with van der Waals surface area (Å²) in [6.45, 7) is 6.08. The summed E-state index contributed by atoms with van der Waals surface area (Å²) in [6.07, 6.45) is 4.14. The van der Waals surface area contributed by atoms with E-state index in [4.69, 9.17) is 4.74 Å². The minimum atomic E-state index is -0.710. The number of hydrogen-bond acceptors (Lipinski definition) is 6. The van der Waals surface area contributed by atoms with Crippen molar-refractivity contribution in [1.82, 2.24) is 15.5 Å². The van der Waals surface area contributed by atoms with Crippen LogP contribution in [0.1, 0.15) is 49.8 Å². The van der Waals surface area contributed by atoms with Crippen LogP contribution in [0.4, 0.5) is 5.69 Å². The topological polar surface area (TPSA) is 77.1 Å². The molecule has 7 nitrogen and oxygen atoms in total. The molecule has 3 aliphatic rings. The molecular weight excluding hydrogens is 452 g/mol. The van der Waals surface area contributed by atoms with E-state index in [9.17, 15) is 9.90 Å². The summed E-state index contributed by atoms with van der Waals surface area (Å²) < 4.78 is 6.54. The zero-order chi connectivity index (χ0) is 25.1. The first kappa shape index (κ1) is 25.1. The van der Waals surface area contributed by atoms with Crippen LogP contribution in [0.3, 0.4) is 0 Å². The van der Waals surface area contributed by atoms with Crippen LogP contribution in [0.5, 0.6) is 5.75 Å². The number of fused-ring (bicyclic) bond motifs is 1. The van der Waals surface area contributed by atoms with Crippen LogP contribution in [0.2, 0.25) is 0 Å². The molecule has 2 aliphatic heterocycles. The highest BCUT2D eigenvalue weighted by Crippen LogP contribution is 2.49. The van der Waals surface area contributed by atoms with E-state index in [1.165, 1.54) is 24.6 Å². The second-order valence-electron chi connectivity index (χ2n) is 10.9. The Morgan fingerprint density at radius 3 is 2.56 bits per heavy atom. The third-order valence-electron chi connectivity index (χ3n) is 8.13. The number of carbonyl (C=O) groups is 1. The normalized spacial score (nSPS) is 22.8. The van der Waals surface area contributed by atoms with E-state index in [0.29, 0.717) is 13.0 Å². The van der Waals surface area contributed by atoms with Gasteiger partial charge in [-0.25, -0.2) is 0 Å². The fourth-order valence-electron chi connectivity index (χ4n) is 5.80. The number of likely N-dealkylation sites (N-methyl/N-ethyl adjacent to an activating group) is 1. The van der Waals surface area contributed by atoms with E-state index in [-0.39, 0.29) is 23.6 Å². The van der Waals surface area contributed by atoms with Gasteiger partial charge in [0.05, 0.1) is 12.1 Å². The molecule has 3 N–H and O–H groups in total. The van der Waals surface area contributed by atoms with Crippen LogP contribution >= 0.6 is 0 Å². The number of piperazine rings is 1. The first-order chi connectivity index (χ1) is 17.4. The minimum Gasteiger partial charge on any atom is -0.487 e. The summed E-state index contributed by atoms with van der Waals surface area (Å²) in [7, 11) is 2.17. The van der Waals surface area contributed by atoms with Gasteiger partial charge in [0, 0.05) is 63.4 Å². The highest BCUT2D eigenvalue weighted by molar-refractivity contribution is 5.73. The van der Waals surface area contributed by atoms with Gasteiger partial charge in [-0.2, -0.15) is 0 Å². The molecular formula is C29H40N4O3. The van der Waals surface area contributed by atoms with Gasteiger partial charge in [-0.3, -0.25) is 4.79 Å². The molecule has 1 saturated carbocycles. The Labute approximate surface area is 214 Å². The van der Waals surface area contributed by atoms with E-state index < -0.39 is 6.10 Å². The summed E-state index contributed by atoms with van der Waals surface area (Å²) in [5.74, 6) is 0.838. The molecule has 2 heterocycles. The van der Waals surface area contributed by atoms with Crippen LogP contribution < -0.4 is 20.3 Å². The van der Waals surface area contributed by atoms with E-state index in [0.717, 1.165) is 56.8 Å². The number of amides is 1. The molecule has 5 rings (SSSR count). The maximum absolute atomic E-state index is 11.9. The lowest BCUT2D eigenvalue weighted by molar-refractivity contribution is -0.120. The number of rotatable bonds is 8. The van der Waals surface area contributed by atoms with E-state index >= 15 is 0 Å². The van der Waals surface area contributed by atoms with Crippen molar-refractivity contribution in [2.75, 3.05) is 44.7 Å². The molecule has 1 amide bonds. The number of hydrogen-bond donors (Lipinski definition) is 3. The molecule has 1 spiro atoms. The van der Waals surface area contributed by atoms with E-state index in [1.807, 2.05) is 30.3 Å². The molecule has 2 aromatic carbocycles. The molecule has 2 fully saturated rings. The van der Waals surface area contributed by atoms with Crippen LogP contribution in [-0.2, 0) is 11.2 Å². The average Bonchev–Trinajstić information content (AvgIpc) is 2.86. The van der Waals surface area contributed by atoms with Crippen molar-refractivity contribution >= 4 is 11.6 Å². The third-order valence-corrected chi connectivity index (χ3v) is 8.13. The van der Waals surface area contributed by atoms with Gasteiger partial charge in [0.2, 0.25) is 5.91 Å². The third kappa shape index (κ3) is 5.69. The number of anilines is 1. The Balaban J connectivity index is 1.31. The van der Waals surface area contributed by atoms with Crippen molar-refractivity contribution in [3.63, 3.8) is 0 Å². The summed E-state index contributed by atoms with van der Waals surface area (Å²) in [5.41, 5.74) is 3.42. The Morgan fingerprint density at radius 1 is 1.14 bits per heavy atom. The lowest BCUT2D eigenvalue weighted by Gasteiger charge is -2.48. The SMILES string of the molecule is CC(=O)N[C@@H](Cc1ccccc1)[C@H](O)CN[C@H]1CC2(CCC2)Oc2ccc(N3CCN(C)CC3)cc21. The number of aliphatic hydroxyl groups is 1. The highest BCUT2D eigenvalue weighted by Gasteiger charge is 2.45. The molecule has 36 heavy (non-hydrogen) atoms. The van der Waals surface area contributed by atoms with Crippen molar-refractivity contribution in [2.45, 2.75) is 62.8 Å². The molecule has 0 radical (unpaired) electrons. The molecule has 3 atom stereocenters. The zero-order valence-electron chi connectivity index (χ0n) is 21.6. The number of aliphatic hydroxyl groups excluding tert-OH is 1. The van der Waals surface area contributed by atoms with Gasteiger partial charge >= 0.3 is 0 Å². The van der Waals surface area contributed by atoms with E-state index in [2.05, 4.69) is 45.7 Å². The maximum Gasteiger partial charge on any atom is 0.217 e. The maximum atomic E-state index is 11.9. The van der Waals surface area contributed by atoms with Gasteiger partial charge in [-0.05, 0) is 56.5 Å². The number of carbonyl (C=O) groups excluding carboxylic acids is 1. The number of benzene rings is 2. The molecule has 194 valence electrons. The van der Waals surface area contributed by atoms with Crippen molar-refractivity contribution < 1.29 is 14.6 Å². The first-order valence-corrected chi connectivity index (χ1v) is 13.4. The van der Waals surface area contributed by atoms with Crippen LogP contribution in [0, 0.1) is 0 Å². The summed E-state index contributed by atoms with van der Waals surface area (Å²) >= 11 is 0. The Bertz CT molecular complexity index is 1030. The summed E-state index contributed by atoms with van der Waals surface area (Å²) in [6, 6.07) is 16.4. The number of ether oxygens (including phenoxy) is 1. The molecule has 0 aromatic heterocycles. The second kappa shape index (κ2) is 10.8. The molecule has 7 heteroatoms. The molecule has 2 aromatic rings. The van der Waals surface area contributed by atoms with Gasteiger partial charge < -0.3 is 30.3 Å². The Hall–Kier alpha value is -2.61. The van der Waals surface area contributed by atoms with E-state index in [1.54, 1.807) is 0 Å². The van der Waals surface area contributed by atoms with Crippen molar-refractivity contribution in [1.29, 1.82) is 0 Å². The molecule has 0 unspecified atom stereocenters. The van der Waals surface area contributed by atoms with Crippen molar-refractivity contribution in [3.8, 4) is 5.75 Å². The standard InChI is InChI=1S/C29H40N4O3/c1-21(34)31-25(17-22-7-4-3-5-8-22)27(35)20-30-26-19-29(11-6-12-29)36-28-10-9-23(18-24(26)28)33-15-13-32(2)14-16-33/h3-5,7-10,18,25-27,30,35H,6,11-17,19-20H2,1-2H3,(H,31,34)/t25-,26-,27+/m0/s1. The lowest BCUT2D eigenvalue weighted by Crippen LogP contribution is -2.52. The highest BCUT2D eigenvalue weighted by atomic mass is 16.5. The fourth-order valence-corrected chi connectivity index (χ4v) is 5.80. The van der Waals surface area contributed by atoms with Gasteiger partial charge in [-0.15, -0.1) is 0 Å². The Morgan fingerprint density at radius 2 is 1.89 bits per heavy atom. The number of nitrogens with one attached hydrogen (secondary N) is 2. The Kier molecular flexibility index (Phi) is 7.51. The first-order valence-electron chi connectivity index (χ1n) is 13.4. The van der Waals surface area contributed by atoms with Crippen LogP contribution in [0.15, 0.2) is 48.5 Å². The average molecular weight is 493 g/mol. The fraction of sp³-hybridized carbons (Fsp3) is 0.552. The number of nitrogens with zero attached hydrogens (tertiary/aromatic N) is 2. The molecule has 1 saturated heterocycles. The van der Waals surface area contributed by atoms with Crippen LogP contribution in [0.25, 0.3) is 0 Å².